The molecule has 4 nitrogen and oxygen atoms in total. The first-order valence-electron chi connectivity index (χ1n) is 6.32. The van der Waals surface area contributed by atoms with Crippen LogP contribution in [0.1, 0.15) is 31.1 Å². The topological polar surface area (TPSA) is 54.7 Å². The fourth-order valence-electron chi connectivity index (χ4n) is 2.35. The second-order valence-corrected chi connectivity index (χ2v) is 4.84. The van der Waals surface area contributed by atoms with Crippen molar-refractivity contribution in [2.75, 3.05) is 0 Å². The van der Waals surface area contributed by atoms with Crippen LogP contribution in [-0.4, -0.2) is 15.2 Å². The molecule has 0 saturated heterocycles. The van der Waals surface area contributed by atoms with Crippen molar-refractivity contribution in [2.24, 2.45) is 0 Å². The van der Waals surface area contributed by atoms with E-state index in [0.717, 1.165) is 22.5 Å². The zero-order valence-corrected chi connectivity index (χ0v) is 9.89. The third-order valence-corrected chi connectivity index (χ3v) is 3.66. The monoisotopic (exact) mass is 239 g/mol. The van der Waals surface area contributed by atoms with E-state index < -0.39 is 0 Å². The lowest BCUT2D eigenvalue weighted by Crippen LogP contribution is -2.08. The number of nitrogens with zero attached hydrogens (tertiary/aromatic N) is 2. The smallest absolute Gasteiger partial charge is 0.264 e. The standard InChI is InChI=1S/C14H13N3O/c1-2-7-11-10(4-1)8-12(15-11)14-17-16-13(18-14)9-5-3-6-9/h1-2,4,7-9,15H,3,5-6H2. The van der Waals surface area contributed by atoms with E-state index in [9.17, 15) is 0 Å². The first-order valence-corrected chi connectivity index (χ1v) is 6.32. The second-order valence-electron chi connectivity index (χ2n) is 4.84. The Kier molecular flexibility index (Phi) is 2.03. The fourth-order valence-corrected chi connectivity index (χ4v) is 2.35. The van der Waals surface area contributed by atoms with Crippen LogP contribution in [0.2, 0.25) is 0 Å². The van der Waals surface area contributed by atoms with Gasteiger partial charge in [-0.3, -0.25) is 0 Å². The molecule has 1 N–H and O–H groups in total. The third kappa shape index (κ3) is 1.45. The molecular weight excluding hydrogens is 226 g/mol. The minimum Gasteiger partial charge on any atom is -0.419 e. The normalized spacial score (nSPS) is 16.0. The summed E-state index contributed by atoms with van der Waals surface area (Å²) in [7, 11) is 0. The van der Waals surface area contributed by atoms with Crippen LogP contribution >= 0.6 is 0 Å². The minimum atomic E-state index is 0.482. The molecule has 3 aromatic rings. The van der Waals surface area contributed by atoms with Gasteiger partial charge in [-0.1, -0.05) is 24.6 Å². The zero-order chi connectivity index (χ0) is 11.9. The molecule has 2 aromatic heterocycles. The van der Waals surface area contributed by atoms with Crippen LogP contribution in [0.15, 0.2) is 34.7 Å². The van der Waals surface area contributed by atoms with Crippen molar-refractivity contribution < 1.29 is 4.42 Å². The molecule has 1 saturated carbocycles. The van der Waals surface area contributed by atoms with Gasteiger partial charge in [0.25, 0.3) is 5.89 Å². The Balaban J connectivity index is 1.74. The highest BCUT2D eigenvalue weighted by molar-refractivity contribution is 5.84. The molecule has 1 aliphatic rings. The Morgan fingerprint density at radius 1 is 1.17 bits per heavy atom. The summed E-state index contributed by atoms with van der Waals surface area (Å²) < 4.78 is 5.75. The van der Waals surface area contributed by atoms with Crippen LogP contribution < -0.4 is 0 Å². The lowest BCUT2D eigenvalue weighted by atomic mass is 9.85. The van der Waals surface area contributed by atoms with Crippen LogP contribution in [0.4, 0.5) is 0 Å². The highest BCUT2D eigenvalue weighted by Crippen LogP contribution is 2.36. The van der Waals surface area contributed by atoms with E-state index in [2.05, 4.69) is 21.2 Å². The third-order valence-electron chi connectivity index (χ3n) is 3.66. The maximum Gasteiger partial charge on any atom is 0.264 e. The predicted octanol–water partition coefficient (Wildman–Crippen LogP) is 3.49. The number of fused-ring (bicyclic) bond motifs is 1. The summed E-state index contributed by atoms with van der Waals surface area (Å²) in [6, 6.07) is 10.2. The maximum atomic E-state index is 5.75. The van der Waals surface area contributed by atoms with Gasteiger partial charge in [0.15, 0.2) is 0 Å². The molecule has 0 aliphatic heterocycles. The van der Waals surface area contributed by atoms with Crippen LogP contribution in [-0.2, 0) is 0 Å². The molecule has 90 valence electrons. The van der Waals surface area contributed by atoms with Crippen molar-refractivity contribution >= 4 is 10.9 Å². The molecule has 18 heavy (non-hydrogen) atoms. The van der Waals surface area contributed by atoms with E-state index in [1.807, 2.05) is 24.3 Å². The fraction of sp³-hybridized carbons (Fsp3) is 0.286. The van der Waals surface area contributed by atoms with Crippen molar-refractivity contribution in [1.82, 2.24) is 15.2 Å². The lowest BCUT2D eigenvalue weighted by molar-refractivity contribution is 0.338. The van der Waals surface area contributed by atoms with E-state index in [0.29, 0.717) is 11.8 Å². The number of hydrogen-bond donors (Lipinski definition) is 1. The molecule has 0 amide bonds. The Morgan fingerprint density at radius 3 is 2.83 bits per heavy atom. The molecule has 0 radical (unpaired) electrons. The number of rotatable bonds is 2. The molecule has 0 unspecified atom stereocenters. The summed E-state index contributed by atoms with van der Waals surface area (Å²) >= 11 is 0. The Morgan fingerprint density at radius 2 is 2.06 bits per heavy atom. The average molecular weight is 239 g/mol. The van der Waals surface area contributed by atoms with Crippen molar-refractivity contribution in [3.05, 3.63) is 36.2 Å². The number of hydrogen-bond acceptors (Lipinski definition) is 3. The maximum absolute atomic E-state index is 5.75. The zero-order valence-electron chi connectivity index (χ0n) is 9.89. The molecule has 0 atom stereocenters. The van der Waals surface area contributed by atoms with E-state index in [1.165, 1.54) is 19.3 Å². The molecule has 1 fully saturated rings. The summed E-state index contributed by atoms with van der Waals surface area (Å²) in [4.78, 5) is 3.30. The average Bonchev–Trinajstić information content (AvgIpc) is 2.91. The summed E-state index contributed by atoms with van der Waals surface area (Å²) in [6.07, 6.45) is 3.62. The van der Waals surface area contributed by atoms with Crippen LogP contribution in [0.3, 0.4) is 0 Å². The lowest BCUT2D eigenvalue weighted by Gasteiger charge is -2.20. The summed E-state index contributed by atoms with van der Waals surface area (Å²) in [5, 5.41) is 9.45. The van der Waals surface area contributed by atoms with Gasteiger partial charge in [0.05, 0.1) is 0 Å². The number of benzene rings is 1. The molecule has 0 bridgehead atoms. The van der Waals surface area contributed by atoms with Gasteiger partial charge in [0.2, 0.25) is 5.89 Å². The molecule has 4 rings (SSSR count). The Hall–Kier alpha value is -2.10. The van der Waals surface area contributed by atoms with Crippen LogP contribution in [0.25, 0.3) is 22.5 Å². The van der Waals surface area contributed by atoms with E-state index in [4.69, 9.17) is 4.42 Å². The van der Waals surface area contributed by atoms with Gasteiger partial charge in [-0.25, -0.2) is 0 Å². The SMILES string of the molecule is c1ccc2[nH]c(-c3nnc(C4CCC4)o3)cc2c1. The summed E-state index contributed by atoms with van der Waals surface area (Å²) in [5.41, 5.74) is 1.99. The van der Waals surface area contributed by atoms with Gasteiger partial charge in [0, 0.05) is 16.8 Å². The van der Waals surface area contributed by atoms with Gasteiger partial charge in [-0.15, -0.1) is 10.2 Å². The number of para-hydroxylation sites is 1. The molecule has 0 spiro atoms. The number of H-pyrrole nitrogens is 1. The van der Waals surface area contributed by atoms with Gasteiger partial charge in [0.1, 0.15) is 5.69 Å². The van der Waals surface area contributed by atoms with Gasteiger partial charge < -0.3 is 9.40 Å². The van der Waals surface area contributed by atoms with Crippen molar-refractivity contribution in [1.29, 1.82) is 0 Å². The second kappa shape index (κ2) is 3.70. The largest absolute Gasteiger partial charge is 0.419 e. The van der Waals surface area contributed by atoms with Crippen LogP contribution in [0.5, 0.6) is 0 Å². The molecule has 1 aromatic carbocycles. The van der Waals surface area contributed by atoms with E-state index in [1.54, 1.807) is 0 Å². The van der Waals surface area contributed by atoms with E-state index in [-0.39, 0.29) is 0 Å². The minimum absolute atomic E-state index is 0.482. The number of aromatic amines is 1. The summed E-state index contributed by atoms with van der Waals surface area (Å²) in [5.74, 6) is 1.86. The highest BCUT2D eigenvalue weighted by atomic mass is 16.4. The highest BCUT2D eigenvalue weighted by Gasteiger charge is 2.25. The Bertz CT molecular complexity index is 661. The van der Waals surface area contributed by atoms with Gasteiger partial charge in [-0.05, 0) is 25.0 Å². The molecule has 4 heteroatoms. The Labute approximate surface area is 104 Å². The van der Waals surface area contributed by atoms with Crippen molar-refractivity contribution in [3.63, 3.8) is 0 Å². The van der Waals surface area contributed by atoms with E-state index >= 15 is 0 Å². The number of aromatic nitrogens is 3. The van der Waals surface area contributed by atoms with Gasteiger partial charge in [-0.2, -0.15) is 0 Å². The quantitative estimate of drug-likeness (QED) is 0.744. The predicted molar refractivity (Wildman–Crippen MR) is 68.2 cm³/mol. The summed E-state index contributed by atoms with van der Waals surface area (Å²) in [6.45, 7) is 0. The molecular formula is C14H13N3O. The first-order chi connectivity index (χ1) is 8.90. The van der Waals surface area contributed by atoms with Crippen molar-refractivity contribution in [3.8, 4) is 11.6 Å². The molecule has 2 heterocycles. The number of nitrogens with one attached hydrogen (secondary N) is 1. The van der Waals surface area contributed by atoms with Crippen molar-refractivity contribution in [2.45, 2.75) is 25.2 Å². The first kappa shape index (κ1) is 9.88. The van der Waals surface area contributed by atoms with Crippen LogP contribution in [0, 0.1) is 0 Å². The molecule has 1 aliphatic carbocycles. The van der Waals surface area contributed by atoms with Gasteiger partial charge >= 0.3 is 0 Å².